The highest BCUT2D eigenvalue weighted by molar-refractivity contribution is 14.0. The lowest BCUT2D eigenvalue weighted by Crippen LogP contribution is -2.52. The van der Waals surface area contributed by atoms with Crippen molar-refractivity contribution in [3.05, 3.63) is 23.8 Å². The molecule has 0 unspecified atom stereocenters. The number of guanidine groups is 1. The smallest absolute Gasteiger partial charge is 0.231 e. The number of halogens is 1. The number of nitrogens with zero attached hydrogens (tertiary/aromatic N) is 3. The van der Waals surface area contributed by atoms with Gasteiger partial charge in [0.15, 0.2) is 17.5 Å². The maximum atomic E-state index is 5.46. The van der Waals surface area contributed by atoms with Gasteiger partial charge in [-0.2, -0.15) is 0 Å². The average molecular weight is 446 g/mol. The molecule has 7 heteroatoms. The molecule has 1 saturated heterocycles. The third-order valence-corrected chi connectivity index (χ3v) is 4.16. The van der Waals surface area contributed by atoms with Crippen LogP contribution in [-0.2, 0) is 6.54 Å². The number of hydrogen-bond donors (Lipinski definition) is 1. The van der Waals surface area contributed by atoms with E-state index < -0.39 is 0 Å². The molecule has 0 radical (unpaired) electrons. The van der Waals surface area contributed by atoms with Crippen LogP contribution in [0.3, 0.4) is 0 Å². The largest absolute Gasteiger partial charge is 0.454 e. The molecule has 2 aliphatic heterocycles. The van der Waals surface area contributed by atoms with Crippen molar-refractivity contribution in [2.45, 2.75) is 20.4 Å². The van der Waals surface area contributed by atoms with Crippen LogP contribution < -0.4 is 14.8 Å². The Hall–Kier alpha value is -1.22. The summed E-state index contributed by atoms with van der Waals surface area (Å²) < 4.78 is 10.8. The zero-order valence-corrected chi connectivity index (χ0v) is 16.8. The lowest BCUT2D eigenvalue weighted by molar-refractivity contribution is 0.171. The molecule has 0 amide bonds. The summed E-state index contributed by atoms with van der Waals surface area (Å²) in [5.41, 5.74) is 1.27. The quantitative estimate of drug-likeness (QED) is 0.437. The van der Waals surface area contributed by atoms with Crippen molar-refractivity contribution >= 4 is 29.9 Å². The second-order valence-electron chi connectivity index (χ2n) is 5.78. The maximum Gasteiger partial charge on any atom is 0.231 e. The van der Waals surface area contributed by atoms with Crippen LogP contribution >= 0.6 is 24.0 Å². The van der Waals surface area contributed by atoms with Crippen LogP contribution in [0.25, 0.3) is 0 Å². The molecule has 0 saturated carbocycles. The summed E-state index contributed by atoms with van der Waals surface area (Å²) >= 11 is 0. The van der Waals surface area contributed by atoms with Gasteiger partial charge in [-0.05, 0) is 31.5 Å². The van der Waals surface area contributed by atoms with Crippen molar-refractivity contribution in [2.75, 3.05) is 46.1 Å². The van der Waals surface area contributed by atoms with Crippen molar-refractivity contribution in [3.63, 3.8) is 0 Å². The molecule has 3 rings (SSSR count). The molecule has 1 aromatic carbocycles. The van der Waals surface area contributed by atoms with Crippen molar-refractivity contribution < 1.29 is 9.47 Å². The third kappa shape index (κ3) is 4.66. The van der Waals surface area contributed by atoms with Crippen LogP contribution in [0.4, 0.5) is 0 Å². The summed E-state index contributed by atoms with van der Waals surface area (Å²) in [7, 11) is 0. The normalized spacial score (nSPS) is 17.6. The first-order valence-electron chi connectivity index (χ1n) is 8.44. The molecular formula is C17H27IN4O2. The minimum Gasteiger partial charge on any atom is -0.454 e. The van der Waals surface area contributed by atoms with Crippen LogP contribution in [-0.4, -0.2) is 61.8 Å². The minimum atomic E-state index is 0. The van der Waals surface area contributed by atoms with E-state index in [-0.39, 0.29) is 24.0 Å². The fourth-order valence-corrected chi connectivity index (χ4v) is 2.99. The van der Waals surface area contributed by atoms with Crippen molar-refractivity contribution in [1.82, 2.24) is 15.1 Å². The van der Waals surface area contributed by atoms with Gasteiger partial charge in [0.2, 0.25) is 6.79 Å². The van der Waals surface area contributed by atoms with E-state index in [1.165, 1.54) is 5.56 Å². The first kappa shape index (κ1) is 19.1. The van der Waals surface area contributed by atoms with Gasteiger partial charge in [0, 0.05) is 45.8 Å². The van der Waals surface area contributed by atoms with Gasteiger partial charge in [-0.15, -0.1) is 24.0 Å². The zero-order chi connectivity index (χ0) is 16.1. The summed E-state index contributed by atoms with van der Waals surface area (Å²) in [6.07, 6.45) is 0. The number of nitrogens with one attached hydrogen (secondary N) is 1. The second kappa shape index (κ2) is 9.31. The Morgan fingerprint density at radius 1 is 1.12 bits per heavy atom. The fourth-order valence-electron chi connectivity index (χ4n) is 2.99. The summed E-state index contributed by atoms with van der Waals surface area (Å²) in [4.78, 5) is 9.39. The predicted molar refractivity (Wildman–Crippen MR) is 106 cm³/mol. The lowest BCUT2D eigenvalue weighted by atomic mass is 10.1. The summed E-state index contributed by atoms with van der Waals surface area (Å²) in [5.74, 6) is 2.76. The molecular weight excluding hydrogens is 419 g/mol. The highest BCUT2D eigenvalue weighted by atomic mass is 127. The van der Waals surface area contributed by atoms with E-state index in [1.807, 2.05) is 6.07 Å². The zero-order valence-electron chi connectivity index (χ0n) is 14.5. The van der Waals surface area contributed by atoms with E-state index >= 15 is 0 Å². The fraction of sp³-hybridized carbons (Fsp3) is 0.588. The molecule has 2 aliphatic rings. The Kier molecular flexibility index (Phi) is 7.41. The van der Waals surface area contributed by atoms with Crippen LogP contribution in [0, 0.1) is 0 Å². The van der Waals surface area contributed by atoms with Gasteiger partial charge >= 0.3 is 0 Å². The van der Waals surface area contributed by atoms with Gasteiger partial charge in [-0.3, -0.25) is 9.89 Å². The molecule has 0 aliphatic carbocycles. The Morgan fingerprint density at radius 2 is 1.88 bits per heavy atom. The molecule has 24 heavy (non-hydrogen) atoms. The van der Waals surface area contributed by atoms with Crippen LogP contribution in [0.15, 0.2) is 23.2 Å². The minimum absolute atomic E-state index is 0. The van der Waals surface area contributed by atoms with Crippen LogP contribution in [0.2, 0.25) is 0 Å². The van der Waals surface area contributed by atoms with E-state index in [0.29, 0.717) is 6.79 Å². The van der Waals surface area contributed by atoms with Gasteiger partial charge in [-0.25, -0.2) is 0 Å². The topological polar surface area (TPSA) is 49.3 Å². The van der Waals surface area contributed by atoms with E-state index in [0.717, 1.165) is 63.3 Å². The number of hydrogen-bond acceptors (Lipinski definition) is 4. The first-order valence-corrected chi connectivity index (χ1v) is 8.44. The van der Waals surface area contributed by atoms with E-state index in [9.17, 15) is 0 Å². The molecule has 134 valence electrons. The molecule has 0 aromatic heterocycles. The molecule has 1 N–H and O–H groups in total. The highest BCUT2D eigenvalue weighted by Gasteiger charge is 2.20. The number of piperazine rings is 1. The number of benzene rings is 1. The third-order valence-electron chi connectivity index (χ3n) is 4.16. The predicted octanol–water partition coefficient (Wildman–Crippen LogP) is 2.14. The number of rotatable bonds is 4. The lowest BCUT2D eigenvalue weighted by Gasteiger charge is -2.36. The molecule has 2 heterocycles. The Labute approximate surface area is 161 Å². The molecule has 1 aromatic rings. The standard InChI is InChI=1S/C17H26N4O2.HI/c1-3-18-17(19-4-2)21-9-7-20(8-10-21)12-14-5-6-15-16(11-14)23-13-22-15;/h5-6,11H,3-4,7-10,12-13H2,1-2H3,(H,18,19);1H. The SMILES string of the molecule is CCN=C(NCC)N1CCN(Cc2ccc3c(c2)OCO3)CC1.I. The Bertz CT molecular complexity index is 560. The van der Waals surface area contributed by atoms with Gasteiger partial charge in [0.25, 0.3) is 0 Å². The number of fused-ring (bicyclic) bond motifs is 1. The van der Waals surface area contributed by atoms with Crippen LogP contribution in [0.1, 0.15) is 19.4 Å². The monoisotopic (exact) mass is 446 g/mol. The first-order chi connectivity index (χ1) is 11.3. The number of aliphatic imine (C=N–C) groups is 1. The molecule has 0 spiro atoms. The van der Waals surface area contributed by atoms with E-state index in [2.05, 4.69) is 46.1 Å². The van der Waals surface area contributed by atoms with E-state index in [1.54, 1.807) is 0 Å². The molecule has 1 fully saturated rings. The van der Waals surface area contributed by atoms with Gasteiger partial charge in [-0.1, -0.05) is 6.07 Å². The van der Waals surface area contributed by atoms with Crippen LogP contribution in [0.5, 0.6) is 11.5 Å². The maximum absolute atomic E-state index is 5.46. The average Bonchev–Trinajstić information content (AvgIpc) is 3.03. The Balaban J connectivity index is 0.00000208. The molecule has 6 nitrogen and oxygen atoms in total. The number of ether oxygens (including phenoxy) is 2. The van der Waals surface area contributed by atoms with E-state index in [4.69, 9.17) is 9.47 Å². The van der Waals surface area contributed by atoms with Gasteiger partial charge < -0.3 is 19.7 Å². The second-order valence-corrected chi connectivity index (χ2v) is 5.78. The summed E-state index contributed by atoms with van der Waals surface area (Å²) in [6.45, 7) is 11.3. The Morgan fingerprint density at radius 3 is 2.58 bits per heavy atom. The van der Waals surface area contributed by atoms with Crippen molar-refractivity contribution in [3.8, 4) is 11.5 Å². The van der Waals surface area contributed by atoms with Crippen molar-refractivity contribution in [1.29, 1.82) is 0 Å². The highest BCUT2D eigenvalue weighted by Crippen LogP contribution is 2.32. The summed E-state index contributed by atoms with van der Waals surface area (Å²) in [5, 5.41) is 3.37. The van der Waals surface area contributed by atoms with Crippen molar-refractivity contribution in [2.24, 2.45) is 4.99 Å². The molecule has 0 atom stereocenters. The van der Waals surface area contributed by atoms with Gasteiger partial charge in [0.1, 0.15) is 0 Å². The molecule has 0 bridgehead atoms. The summed E-state index contributed by atoms with van der Waals surface area (Å²) in [6, 6.07) is 6.23. The van der Waals surface area contributed by atoms with Gasteiger partial charge in [0.05, 0.1) is 0 Å².